The SMILES string of the molecule is O=C(O)CC12CN(c3ccc(Sc4cccc(OCc5ccccc5)c4)c(C(F)(F)F)c3)CC[N@]1C2. The molecule has 5 rings (SSSR count). The lowest BCUT2D eigenvalue weighted by molar-refractivity contribution is -0.140. The maximum atomic E-state index is 14.1. The van der Waals surface area contributed by atoms with Crippen LogP contribution < -0.4 is 9.64 Å². The highest BCUT2D eigenvalue weighted by Gasteiger charge is 2.56. The molecule has 2 aliphatic rings. The summed E-state index contributed by atoms with van der Waals surface area (Å²) in [6.45, 7) is 2.64. The van der Waals surface area contributed by atoms with Crippen molar-refractivity contribution >= 4 is 23.4 Å². The van der Waals surface area contributed by atoms with Gasteiger partial charge in [-0.2, -0.15) is 13.2 Å². The number of halogens is 3. The minimum absolute atomic E-state index is 0.00769. The molecule has 0 aliphatic carbocycles. The van der Waals surface area contributed by atoms with Crippen LogP contribution >= 0.6 is 11.8 Å². The number of alkyl halides is 3. The summed E-state index contributed by atoms with van der Waals surface area (Å²) in [6, 6.07) is 21.1. The van der Waals surface area contributed by atoms with Gasteiger partial charge in [-0.25, -0.2) is 0 Å². The van der Waals surface area contributed by atoms with Gasteiger partial charge in [0, 0.05) is 41.7 Å². The highest BCUT2D eigenvalue weighted by molar-refractivity contribution is 7.99. The van der Waals surface area contributed by atoms with Gasteiger partial charge < -0.3 is 14.7 Å². The molecule has 0 radical (unpaired) electrons. The van der Waals surface area contributed by atoms with Gasteiger partial charge >= 0.3 is 12.1 Å². The van der Waals surface area contributed by atoms with Crippen molar-refractivity contribution in [3.63, 3.8) is 0 Å². The summed E-state index contributed by atoms with van der Waals surface area (Å²) in [7, 11) is 0. The molecule has 1 unspecified atom stereocenters. The minimum Gasteiger partial charge on any atom is -0.489 e. The number of carboxylic acid groups (broad SMARTS) is 1. The Labute approximate surface area is 211 Å². The van der Waals surface area contributed by atoms with Gasteiger partial charge in [-0.3, -0.25) is 9.69 Å². The molecule has 1 N–H and O–H groups in total. The molecule has 3 aromatic rings. The second-order valence-electron chi connectivity index (χ2n) is 9.17. The number of benzene rings is 3. The van der Waals surface area contributed by atoms with E-state index in [0.29, 0.717) is 49.1 Å². The number of hydrogen-bond donors (Lipinski definition) is 1. The van der Waals surface area contributed by atoms with E-state index in [2.05, 4.69) is 4.90 Å². The molecule has 2 saturated heterocycles. The number of carboxylic acids is 1. The fourth-order valence-electron chi connectivity index (χ4n) is 4.71. The quantitative estimate of drug-likeness (QED) is 0.385. The number of fused-ring (bicyclic) bond motifs is 1. The van der Waals surface area contributed by atoms with Crippen LogP contribution in [0.5, 0.6) is 5.75 Å². The fourth-order valence-corrected chi connectivity index (χ4v) is 5.70. The van der Waals surface area contributed by atoms with Gasteiger partial charge in [0.1, 0.15) is 12.4 Å². The second kappa shape index (κ2) is 9.71. The summed E-state index contributed by atoms with van der Waals surface area (Å²) in [5, 5.41) is 9.25. The van der Waals surface area contributed by atoms with Crippen LogP contribution in [0.25, 0.3) is 0 Å². The number of rotatable bonds is 8. The molecule has 3 aromatic carbocycles. The summed E-state index contributed by atoms with van der Waals surface area (Å²) in [5.74, 6) is -0.308. The predicted octanol–water partition coefficient (Wildman–Crippen LogP) is 5.78. The zero-order valence-electron chi connectivity index (χ0n) is 19.4. The third kappa shape index (κ3) is 5.47. The Balaban J connectivity index is 1.34. The molecule has 0 aromatic heterocycles. The summed E-state index contributed by atoms with van der Waals surface area (Å²) < 4.78 is 48.1. The van der Waals surface area contributed by atoms with Crippen LogP contribution in [0.1, 0.15) is 17.5 Å². The van der Waals surface area contributed by atoms with Gasteiger partial charge in [-0.15, -0.1) is 0 Å². The monoisotopic (exact) mass is 514 g/mol. The van der Waals surface area contributed by atoms with Crippen LogP contribution in [0.4, 0.5) is 18.9 Å². The Morgan fingerprint density at radius 3 is 2.56 bits per heavy atom. The van der Waals surface area contributed by atoms with E-state index in [1.165, 1.54) is 12.1 Å². The standard InChI is InChI=1S/C27H25F3N2O3S/c28-27(29,30)23-13-20(31-11-12-32-18-26(32,17-31)15-25(33)34)9-10-24(23)36-22-8-4-7-21(14-22)35-16-19-5-2-1-3-6-19/h1-10,13-14H,11-12,15-18H2,(H,33,34)/t26?,32-/m1/s1. The molecule has 2 fully saturated rings. The second-order valence-corrected chi connectivity index (χ2v) is 10.3. The van der Waals surface area contributed by atoms with E-state index in [0.717, 1.165) is 17.3 Å². The van der Waals surface area contributed by atoms with Crippen molar-refractivity contribution in [3.8, 4) is 5.75 Å². The molecule has 0 saturated carbocycles. The number of hydrogen-bond acceptors (Lipinski definition) is 5. The van der Waals surface area contributed by atoms with Crippen LogP contribution in [-0.2, 0) is 17.6 Å². The van der Waals surface area contributed by atoms with Gasteiger partial charge in [-0.1, -0.05) is 48.2 Å². The topological polar surface area (TPSA) is 52.8 Å². The van der Waals surface area contributed by atoms with Crippen LogP contribution in [0, 0.1) is 0 Å². The van der Waals surface area contributed by atoms with E-state index < -0.39 is 23.2 Å². The lowest BCUT2D eigenvalue weighted by Gasteiger charge is -2.34. The highest BCUT2D eigenvalue weighted by Crippen LogP contribution is 2.44. The first kappa shape index (κ1) is 24.5. The number of aliphatic carboxylic acids is 1. The molecule has 5 nitrogen and oxygen atoms in total. The largest absolute Gasteiger partial charge is 0.489 e. The number of piperazine rings is 1. The summed E-state index contributed by atoms with van der Waals surface area (Å²) >= 11 is 1.04. The number of anilines is 1. The van der Waals surface area contributed by atoms with Gasteiger partial charge in [0.15, 0.2) is 0 Å². The van der Waals surface area contributed by atoms with Crippen molar-refractivity contribution in [1.82, 2.24) is 4.90 Å². The first-order valence-electron chi connectivity index (χ1n) is 11.6. The predicted molar refractivity (Wildman–Crippen MR) is 132 cm³/mol. The van der Waals surface area contributed by atoms with Crippen LogP contribution in [0.3, 0.4) is 0 Å². The molecule has 9 heteroatoms. The van der Waals surface area contributed by atoms with Crippen molar-refractivity contribution in [3.05, 3.63) is 83.9 Å². The molecule has 36 heavy (non-hydrogen) atoms. The zero-order valence-corrected chi connectivity index (χ0v) is 20.2. The average Bonchev–Trinajstić information content (AvgIpc) is 3.55. The molecule has 2 heterocycles. The van der Waals surface area contributed by atoms with E-state index in [4.69, 9.17) is 4.74 Å². The van der Waals surface area contributed by atoms with Gasteiger partial charge in [-0.05, 0) is 42.0 Å². The number of carbonyl (C=O) groups is 1. The van der Waals surface area contributed by atoms with Gasteiger partial charge in [0.25, 0.3) is 0 Å². The Kier molecular flexibility index (Phi) is 6.61. The normalized spacial score (nSPS) is 21.1. The Morgan fingerprint density at radius 1 is 1.00 bits per heavy atom. The molecule has 188 valence electrons. The van der Waals surface area contributed by atoms with E-state index in [1.807, 2.05) is 35.2 Å². The maximum absolute atomic E-state index is 14.1. The lowest BCUT2D eigenvalue weighted by Crippen LogP contribution is -2.46. The van der Waals surface area contributed by atoms with Crippen LogP contribution in [-0.4, -0.2) is 47.7 Å². The molecule has 2 aliphatic heterocycles. The van der Waals surface area contributed by atoms with Crippen LogP contribution in [0.2, 0.25) is 0 Å². The van der Waals surface area contributed by atoms with Crippen molar-refractivity contribution < 1.29 is 27.8 Å². The van der Waals surface area contributed by atoms with E-state index >= 15 is 0 Å². The van der Waals surface area contributed by atoms with Crippen molar-refractivity contribution in [2.45, 2.75) is 34.5 Å². The fraction of sp³-hybridized carbons (Fsp3) is 0.296. The Bertz CT molecular complexity index is 1250. The molecule has 0 bridgehead atoms. The molecule has 2 atom stereocenters. The number of ether oxygens (including phenoxy) is 1. The highest BCUT2D eigenvalue weighted by atomic mass is 32.2. The summed E-state index contributed by atoms with van der Waals surface area (Å²) in [6.07, 6.45) is -4.54. The van der Waals surface area contributed by atoms with Crippen molar-refractivity contribution in [1.29, 1.82) is 0 Å². The molecule has 0 amide bonds. The summed E-state index contributed by atoms with van der Waals surface area (Å²) in [5.41, 5.74) is 0.285. The third-order valence-electron chi connectivity index (χ3n) is 6.57. The molecular formula is C27H25F3N2O3S. The number of nitrogens with zero attached hydrogens (tertiary/aromatic N) is 2. The third-order valence-corrected chi connectivity index (χ3v) is 7.64. The first-order chi connectivity index (χ1) is 17.2. The smallest absolute Gasteiger partial charge is 0.417 e. The van der Waals surface area contributed by atoms with Gasteiger partial charge in [0.2, 0.25) is 0 Å². The Hall–Kier alpha value is -3.17. The first-order valence-corrected chi connectivity index (χ1v) is 12.4. The van der Waals surface area contributed by atoms with E-state index in [9.17, 15) is 23.1 Å². The van der Waals surface area contributed by atoms with E-state index in [-0.39, 0.29) is 11.3 Å². The van der Waals surface area contributed by atoms with E-state index in [1.54, 1.807) is 30.3 Å². The lowest BCUT2D eigenvalue weighted by atomic mass is 10.0. The molecule has 0 spiro atoms. The molecular weight excluding hydrogens is 489 g/mol. The van der Waals surface area contributed by atoms with Crippen molar-refractivity contribution in [2.24, 2.45) is 0 Å². The minimum atomic E-state index is -4.53. The Morgan fingerprint density at radius 2 is 1.81 bits per heavy atom. The zero-order chi connectivity index (χ0) is 25.3. The van der Waals surface area contributed by atoms with Gasteiger partial charge in [0.05, 0.1) is 17.5 Å². The summed E-state index contributed by atoms with van der Waals surface area (Å²) in [4.78, 5) is 16.0. The van der Waals surface area contributed by atoms with Crippen LogP contribution in [0.15, 0.2) is 82.6 Å². The average molecular weight is 515 g/mol. The van der Waals surface area contributed by atoms with Crippen molar-refractivity contribution in [2.75, 3.05) is 31.1 Å². The maximum Gasteiger partial charge on any atom is 0.417 e.